The maximum atomic E-state index is 11.9. The number of esters is 1. The summed E-state index contributed by atoms with van der Waals surface area (Å²) in [6.07, 6.45) is 0. The van der Waals surface area contributed by atoms with E-state index in [1.54, 1.807) is 0 Å². The number of carbonyl (C=O) groups is 2. The molecule has 0 heterocycles. The SMILES string of the molecule is Cc1cccc(C)c1OCC(=O)OCC(=O)NC(C)c1ccc(Br)cc1. The number of benzene rings is 2. The highest BCUT2D eigenvalue weighted by Gasteiger charge is 2.13. The minimum absolute atomic E-state index is 0.180. The lowest BCUT2D eigenvalue weighted by atomic mass is 10.1. The Morgan fingerprint density at radius 3 is 2.27 bits per heavy atom. The number of aryl methyl sites for hydroxylation is 2. The maximum Gasteiger partial charge on any atom is 0.344 e. The van der Waals surface area contributed by atoms with E-state index in [2.05, 4.69) is 21.2 Å². The van der Waals surface area contributed by atoms with Crippen molar-refractivity contribution in [1.82, 2.24) is 5.32 Å². The predicted octanol–water partition coefficient (Wildman–Crippen LogP) is 3.87. The number of hydrogen-bond acceptors (Lipinski definition) is 4. The van der Waals surface area contributed by atoms with Gasteiger partial charge in [0, 0.05) is 4.47 Å². The van der Waals surface area contributed by atoms with Gasteiger partial charge >= 0.3 is 5.97 Å². The average molecular weight is 420 g/mol. The van der Waals surface area contributed by atoms with Crippen molar-refractivity contribution in [3.8, 4) is 5.75 Å². The summed E-state index contributed by atoms with van der Waals surface area (Å²) in [5.74, 6) is -0.280. The molecule has 0 radical (unpaired) electrons. The smallest absolute Gasteiger partial charge is 0.344 e. The van der Waals surface area contributed by atoms with Gasteiger partial charge in [-0.2, -0.15) is 0 Å². The molecule has 0 aromatic heterocycles. The van der Waals surface area contributed by atoms with E-state index in [-0.39, 0.29) is 25.2 Å². The van der Waals surface area contributed by atoms with Crippen LogP contribution in [0.4, 0.5) is 0 Å². The zero-order valence-corrected chi connectivity index (χ0v) is 16.6. The molecule has 1 unspecified atom stereocenters. The van der Waals surface area contributed by atoms with Gasteiger partial charge in [-0.15, -0.1) is 0 Å². The van der Waals surface area contributed by atoms with Gasteiger partial charge in [0.2, 0.25) is 0 Å². The molecule has 5 nitrogen and oxygen atoms in total. The Bertz CT molecular complexity index is 754. The summed E-state index contributed by atoms with van der Waals surface area (Å²) in [7, 11) is 0. The Morgan fingerprint density at radius 2 is 1.65 bits per heavy atom. The first-order chi connectivity index (χ1) is 12.4. The number of halogens is 1. The fourth-order valence-corrected chi connectivity index (χ4v) is 2.73. The zero-order valence-electron chi connectivity index (χ0n) is 15.0. The van der Waals surface area contributed by atoms with E-state index in [9.17, 15) is 9.59 Å². The molecule has 1 atom stereocenters. The summed E-state index contributed by atoms with van der Waals surface area (Å²) < 4.78 is 11.5. The Morgan fingerprint density at radius 1 is 1.04 bits per heavy atom. The van der Waals surface area contributed by atoms with E-state index in [4.69, 9.17) is 9.47 Å². The van der Waals surface area contributed by atoms with Crippen LogP contribution in [0.2, 0.25) is 0 Å². The van der Waals surface area contributed by atoms with Crippen LogP contribution in [0.3, 0.4) is 0 Å². The normalized spacial score (nSPS) is 11.5. The summed E-state index contributed by atoms with van der Waals surface area (Å²) in [5.41, 5.74) is 2.85. The predicted molar refractivity (Wildman–Crippen MR) is 103 cm³/mol. The molecular weight excluding hydrogens is 398 g/mol. The van der Waals surface area contributed by atoms with Gasteiger partial charge in [0.1, 0.15) is 5.75 Å². The Kier molecular flexibility index (Phi) is 7.21. The Hall–Kier alpha value is -2.34. The average Bonchev–Trinajstić information content (AvgIpc) is 2.60. The number of amides is 1. The van der Waals surface area contributed by atoms with Crippen molar-refractivity contribution in [1.29, 1.82) is 0 Å². The van der Waals surface area contributed by atoms with E-state index >= 15 is 0 Å². The van der Waals surface area contributed by atoms with Gasteiger partial charge < -0.3 is 14.8 Å². The lowest BCUT2D eigenvalue weighted by molar-refractivity contribution is -0.150. The molecule has 1 amide bonds. The number of para-hydroxylation sites is 1. The van der Waals surface area contributed by atoms with E-state index in [1.165, 1.54) is 0 Å². The second-order valence-electron chi connectivity index (χ2n) is 6.01. The fourth-order valence-electron chi connectivity index (χ4n) is 2.46. The lowest BCUT2D eigenvalue weighted by Crippen LogP contribution is -2.32. The van der Waals surface area contributed by atoms with Crippen LogP contribution in [0.1, 0.15) is 29.7 Å². The van der Waals surface area contributed by atoms with Crippen molar-refractivity contribution in [2.75, 3.05) is 13.2 Å². The lowest BCUT2D eigenvalue weighted by Gasteiger charge is -2.15. The van der Waals surface area contributed by atoms with Crippen LogP contribution < -0.4 is 10.1 Å². The van der Waals surface area contributed by atoms with E-state index < -0.39 is 5.97 Å². The highest BCUT2D eigenvalue weighted by molar-refractivity contribution is 9.10. The van der Waals surface area contributed by atoms with Crippen LogP contribution >= 0.6 is 15.9 Å². The third-order valence-corrected chi connectivity index (χ3v) is 4.38. The van der Waals surface area contributed by atoms with Crippen molar-refractivity contribution in [2.24, 2.45) is 0 Å². The zero-order chi connectivity index (χ0) is 19.1. The van der Waals surface area contributed by atoms with Crippen molar-refractivity contribution >= 4 is 27.8 Å². The van der Waals surface area contributed by atoms with Gasteiger partial charge in [-0.05, 0) is 49.6 Å². The van der Waals surface area contributed by atoms with Crippen molar-refractivity contribution < 1.29 is 19.1 Å². The second kappa shape index (κ2) is 9.38. The minimum Gasteiger partial charge on any atom is -0.481 e. The third kappa shape index (κ3) is 5.88. The topological polar surface area (TPSA) is 64.6 Å². The monoisotopic (exact) mass is 419 g/mol. The summed E-state index contributed by atoms with van der Waals surface area (Å²) in [6.45, 7) is 5.11. The van der Waals surface area contributed by atoms with E-state index in [0.717, 1.165) is 21.2 Å². The van der Waals surface area contributed by atoms with Crippen LogP contribution in [0.15, 0.2) is 46.9 Å². The van der Waals surface area contributed by atoms with Crippen LogP contribution in [0.25, 0.3) is 0 Å². The fraction of sp³-hybridized carbons (Fsp3) is 0.300. The molecule has 0 spiro atoms. The molecule has 6 heteroatoms. The summed E-state index contributed by atoms with van der Waals surface area (Å²) in [6, 6.07) is 13.2. The molecule has 0 bridgehead atoms. The number of ether oxygens (including phenoxy) is 2. The Labute approximate surface area is 161 Å². The molecular formula is C20H22BrNO4. The summed E-state index contributed by atoms with van der Waals surface area (Å²) >= 11 is 3.37. The van der Waals surface area contributed by atoms with Gasteiger partial charge in [-0.3, -0.25) is 4.79 Å². The summed E-state index contributed by atoms with van der Waals surface area (Å²) in [4.78, 5) is 23.7. The third-order valence-electron chi connectivity index (χ3n) is 3.85. The molecule has 0 saturated heterocycles. The van der Waals surface area contributed by atoms with Crippen molar-refractivity contribution in [3.63, 3.8) is 0 Å². The maximum absolute atomic E-state index is 11.9. The van der Waals surface area contributed by atoms with E-state index in [0.29, 0.717) is 5.75 Å². The van der Waals surface area contributed by atoms with Crippen LogP contribution in [-0.2, 0) is 14.3 Å². The molecule has 0 saturated carbocycles. The van der Waals surface area contributed by atoms with Gasteiger partial charge in [0.05, 0.1) is 6.04 Å². The van der Waals surface area contributed by atoms with E-state index in [1.807, 2.05) is 63.2 Å². The van der Waals surface area contributed by atoms with Crippen LogP contribution in [0.5, 0.6) is 5.75 Å². The van der Waals surface area contributed by atoms with Gasteiger partial charge in [0.15, 0.2) is 13.2 Å². The van der Waals surface area contributed by atoms with Crippen LogP contribution in [0, 0.1) is 13.8 Å². The molecule has 0 fully saturated rings. The van der Waals surface area contributed by atoms with Gasteiger partial charge in [0.25, 0.3) is 5.91 Å². The molecule has 0 aliphatic rings. The molecule has 2 aromatic rings. The number of carbonyl (C=O) groups excluding carboxylic acids is 2. The highest BCUT2D eigenvalue weighted by Crippen LogP contribution is 2.22. The first kappa shape index (κ1) is 20.0. The molecule has 0 aliphatic carbocycles. The number of nitrogens with one attached hydrogen (secondary N) is 1. The molecule has 138 valence electrons. The molecule has 26 heavy (non-hydrogen) atoms. The molecule has 1 N–H and O–H groups in total. The second-order valence-corrected chi connectivity index (χ2v) is 6.93. The number of rotatable bonds is 7. The van der Waals surface area contributed by atoms with Crippen molar-refractivity contribution in [3.05, 3.63) is 63.6 Å². The largest absolute Gasteiger partial charge is 0.481 e. The first-order valence-electron chi connectivity index (χ1n) is 8.26. The minimum atomic E-state index is -0.584. The van der Waals surface area contributed by atoms with Crippen molar-refractivity contribution in [2.45, 2.75) is 26.8 Å². The van der Waals surface area contributed by atoms with Crippen LogP contribution in [-0.4, -0.2) is 25.1 Å². The highest BCUT2D eigenvalue weighted by atomic mass is 79.9. The quantitative estimate of drug-likeness (QED) is 0.691. The standard InChI is InChI=1S/C20H22BrNO4/c1-13-5-4-6-14(2)20(13)26-12-19(24)25-11-18(23)22-15(3)16-7-9-17(21)10-8-16/h4-10,15H,11-12H2,1-3H3,(H,22,23). The molecule has 2 rings (SSSR count). The first-order valence-corrected chi connectivity index (χ1v) is 9.05. The molecule has 2 aromatic carbocycles. The van der Waals surface area contributed by atoms with Gasteiger partial charge in [-0.1, -0.05) is 46.3 Å². The molecule has 0 aliphatic heterocycles. The number of hydrogen-bond donors (Lipinski definition) is 1. The van der Waals surface area contributed by atoms with Gasteiger partial charge in [-0.25, -0.2) is 4.79 Å². The summed E-state index contributed by atoms with van der Waals surface area (Å²) in [5, 5.41) is 2.79. The Balaban J connectivity index is 1.76.